The highest BCUT2D eigenvalue weighted by Crippen LogP contribution is 2.33. The Kier molecular flexibility index (Phi) is 5.55. The quantitative estimate of drug-likeness (QED) is 0.356. The highest BCUT2D eigenvalue weighted by molar-refractivity contribution is 6.21. The largest absolute Gasteiger partial charge is 0.881 e. The molecule has 3 aromatic carbocycles. The van der Waals surface area contributed by atoms with E-state index >= 15 is 0 Å². The minimum atomic E-state index is -0.814. The molecule has 0 saturated heterocycles. The van der Waals surface area contributed by atoms with E-state index in [1.54, 1.807) is 30.5 Å². The number of benzene rings is 3. The molecule has 2 heterocycles. The minimum Gasteiger partial charge on any atom is -0.616 e. The van der Waals surface area contributed by atoms with Crippen molar-refractivity contribution in [1.29, 1.82) is 5.26 Å². The van der Waals surface area contributed by atoms with Gasteiger partial charge in [0.1, 0.15) is 5.52 Å². The van der Waals surface area contributed by atoms with Gasteiger partial charge in [-0.1, -0.05) is 30.3 Å². The van der Waals surface area contributed by atoms with Crippen molar-refractivity contribution < 1.29 is 7.58 Å². The molecule has 0 saturated carbocycles. The molecular formula is C25H16AlN4O2. The zero-order valence-electron chi connectivity index (χ0n) is 16.9. The molecule has 0 unspecified atom stereocenters. The molecule has 5 aromatic rings. The van der Waals surface area contributed by atoms with Crippen LogP contribution in [-0.2, 0) is 0 Å². The summed E-state index contributed by atoms with van der Waals surface area (Å²) in [6.45, 7) is 0. The lowest BCUT2D eigenvalue weighted by Gasteiger charge is -2.14. The molecule has 0 bridgehead atoms. The molecule has 0 spiro atoms. The van der Waals surface area contributed by atoms with Gasteiger partial charge in [0.25, 0.3) is 0 Å². The van der Waals surface area contributed by atoms with Crippen LogP contribution in [0.2, 0.25) is 0 Å². The van der Waals surface area contributed by atoms with E-state index in [0.717, 1.165) is 28.2 Å². The summed E-state index contributed by atoms with van der Waals surface area (Å²) in [7, 11) is 0. The summed E-state index contributed by atoms with van der Waals surface area (Å²) in [5.74, 6) is 2.10. The van der Waals surface area contributed by atoms with Gasteiger partial charge in [0, 0.05) is 11.9 Å². The third kappa shape index (κ3) is 3.93. The molecule has 32 heavy (non-hydrogen) atoms. The Bertz CT molecular complexity index is 1410. The zero-order valence-corrected chi connectivity index (χ0v) is 18.1. The molecule has 0 aliphatic heterocycles. The number of hydrogen-bond acceptors (Lipinski definition) is 5. The van der Waals surface area contributed by atoms with Crippen molar-refractivity contribution >= 4 is 27.1 Å². The van der Waals surface area contributed by atoms with E-state index in [4.69, 9.17) is 17.8 Å². The minimum absolute atomic E-state index is 0.590. The molecule has 7 heteroatoms. The summed E-state index contributed by atoms with van der Waals surface area (Å²) in [5.41, 5.74) is 4.00. The van der Waals surface area contributed by atoms with E-state index < -0.39 is 15.9 Å². The number of hydrogen-bond donors (Lipinski definition) is 0. The number of nitriles is 1. The maximum Gasteiger partial charge on any atom is 0.881 e. The lowest BCUT2D eigenvalue weighted by atomic mass is 10.2. The van der Waals surface area contributed by atoms with E-state index in [-0.39, 0.29) is 0 Å². The fraction of sp³-hybridized carbons (Fsp3) is 0. The Morgan fingerprint density at radius 3 is 2.41 bits per heavy atom. The van der Waals surface area contributed by atoms with Crippen molar-refractivity contribution in [1.82, 2.24) is 14.5 Å². The summed E-state index contributed by atoms with van der Waals surface area (Å²) in [6.07, 6.45) is 1.77. The highest BCUT2D eigenvalue weighted by atomic mass is 27.2. The summed E-state index contributed by atoms with van der Waals surface area (Å²) >= 11 is -0.814. The van der Waals surface area contributed by atoms with Gasteiger partial charge in [-0.25, -0.2) is 9.97 Å². The summed E-state index contributed by atoms with van der Waals surface area (Å²) < 4.78 is 13.9. The van der Waals surface area contributed by atoms with Gasteiger partial charge >= 0.3 is 15.9 Å². The van der Waals surface area contributed by atoms with Gasteiger partial charge in [-0.2, -0.15) is 5.26 Å². The molecule has 6 nitrogen and oxygen atoms in total. The second-order valence-electron chi connectivity index (χ2n) is 6.92. The number of para-hydroxylation sites is 2. The third-order valence-electron chi connectivity index (χ3n) is 4.90. The van der Waals surface area contributed by atoms with Crippen molar-refractivity contribution in [3.05, 3.63) is 103 Å². The Morgan fingerprint density at radius 1 is 0.812 bits per heavy atom. The molecule has 0 atom stereocenters. The fourth-order valence-electron chi connectivity index (χ4n) is 3.41. The predicted octanol–water partition coefficient (Wildman–Crippen LogP) is 4.95. The van der Waals surface area contributed by atoms with Crippen molar-refractivity contribution in [2.75, 3.05) is 0 Å². The predicted molar refractivity (Wildman–Crippen MR) is 122 cm³/mol. The first-order valence-electron chi connectivity index (χ1n) is 9.97. The second-order valence-corrected chi connectivity index (χ2v) is 7.58. The van der Waals surface area contributed by atoms with E-state index in [9.17, 15) is 0 Å². The molecule has 5 rings (SSSR count). The maximum atomic E-state index is 8.93. The van der Waals surface area contributed by atoms with Crippen LogP contribution in [0.25, 0.3) is 28.2 Å². The van der Waals surface area contributed by atoms with Crippen LogP contribution in [0.3, 0.4) is 0 Å². The average molecular weight is 431 g/mol. The Morgan fingerprint density at radius 2 is 1.59 bits per heavy atom. The van der Waals surface area contributed by atoms with Crippen LogP contribution in [0.4, 0.5) is 0 Å². The molecule has 0 amide bonds. The Hall–Kier alpha value is -4.10. The summed E-state index contributed by atoms with van der Waals surface area (Å²) in [4.78, 5) is 9.43. The number of fused-ring (bicyclic) bond motifs is 1. The number of nitrogens with zero attached hydrogens (tertiary/aromatic N) is 4. The van der Waals surface area contributed by atoms with Gasteiger partial charge in [0.15, 0.2) is 11.5 Å². The molecule has 151 valence electrons. The van der Waals surface area contributed by atoms with Crippen molar-refractivity contribution in [3.8, 4) is 34.6 Å². The SMILES string of the molecule is N#Cc1ccc([O][Al][O]c2ccccc2-c2nc3cccnc3n2-c2ccccc2)cc1. The molecule has 1 radical (unpaired) electrons. The van der Waals surface area contributed by atoms with Crippen molar-refractivity contribution in [2.45, 2.75) is 0 Å². The van der Waals surface area contributed by atoms with Crippen LogP contribution >= 0.6 is 0 Å². The molecule has 0 aliphatic carbocycles. The molecule has 0 aliphatic rings. The fourth-order valence-corrected chi connectivity index (χ4v) is 4.03. The second kappa shape index (κ2) is 8.95. The Balaban J connectivity index is 1.49. The van der Waals surface area contributed by atoms with Crippen LogP contribution in [-0.4, -0.2) is 30.4 Å². The van der Waals surface area contributed by atoms with E-state index in [0.29, 0.717) is 17.1 Å². The van der Waals surface area contributed by atoms with Crippen LogP contribution in [0.5, 0.6) is 11.5 Å². The monoisotopic (exact) mass is 431 g/mol. The van der Waals surface area contributed by atoms with Gasteiger partial charge in [-0.15, -0.1) is 0 Å². The van der Waals surface area contributed by atoms with Crippen molar-refractivity contribution in [3.63, 3.8) is 0 Å². The Labute approximate surface area is 191 Å². The topological polar surface area (TPSA) is 73.0 Å². The first-order valence-corrected chi connectivity index (χ1v) is 10.9. The van der Waals surface area contributed by atoms with E-state index in [1.807, 2.05) is 71.3 Å². The number of pyridine rings is 1. The first-order chi connectivity index (χ1) is 15.8. The summed E-state index contributed by atoms with van der Waals surface area (Å²) in [5, 5.41) is 8.93. The lowest BCUT2D eigenvalue weighted by molar-refractivity contribution is 0.459. The molecular weight excluding hydrogens is 415 g/mol. The van der Waals surface area contributed by atoms with E-state index in [1.165, 1.54) is 0 Å². The van der Waals surface area contributed by atoms with E-state index in [2.05, 4.69) is 11.1 Å². The standard InChI is InChI=1S/C18H13N3O.C7H5NO.Al/c22-16-11-5-4-9-14(16)17-20-15-10-6-12-19-18(15)21(17)13-7-2-1-3-8-13;8-5-6-1-3-7(9)4-2-6;/h1-12,22H;1-4,9H;/q;;+2/p-2. The van der Waals surface area contributed by atoms with Crippen LogP contribution in [0.1, 0.15) is 5.56 Å². The average Bonchev–Trinajstić information content (AvgIpc) is 3.25. The number of aromatic nitrogens is 3. The lowest BCUT2D eigenvalue weighted by Crippen LogP contribution is -2.12. The van der Waals surface area contributed by atoms with Crippen LogP contribution in [0.15, 0.2) is 97.2 Å². The van der Waals surface area contributed by atoms with Gasteiger partial charge in [0.05, 0.1) is 28.7 Å². The molecule has 0 N–H and O–H groups in total. The normalized spacial score (nSPS) is 10.5. The number of rotatable bonds is 6. The van der Waals surface area contributed by atoms with Crippen LogP contribution < -0.4 is 7.58 Å². The van der Waals surface area contributed by atoms with Gasteiger partial charge in [0.2, 0.25) is 0 Å². The first kappa shape index (κ1) is 19.8. The molecule has 2 aromatic heterocycles. The van der Waals surface area contributed by atoms with Gasteiger partial charge in [-0.05, 0) is 60.7 Å². The summed E-state index contributed by atoms with van der Waals surface area (Å²) in [6, 6.07) is 30.7. The van der Waals surface area contributed by atoms with Gasteiger partial charge in [-0.3, -0.25) is 4.57 Å². The number of imidazole rings is 1. The smallest absolute Gasteiger partial charge is 0.616 e. The van der Waals surface area contributed by atoms with Crippen LogP contribution in [0, 0.1) is 11.3 Å². The highest BCUT2D eigenvalue weighted by Gasteiger charge is 2.19. The van der Waals surface area contributed by atoms with Crippen molar-refractivity contribution in [2.24, 2.45) is 0 Å². The maximum absolute atomic E-state index is 8.93. The molecule has 0 fully saturated rings. The third-order valence-corrected chi connectivity index (χ3v) is 5.62. The zero-order chi connectivity index (χ0) is 21.8. The van der Waals surface area contributed by atoms with Gasteiger partial charge < -0.3 is 7.58 Å².